The smallest absolute Gasteiger partial charge is 0.320 e. The van der Waals surface area contributed by atoms with Crippen LogP contribution in [-0.2, 0) is 11.3 Å². The lowest BCUT2D eigenvalue weighted by Crippen LogP contribution is -2.32. The van der Waals surface area contributed by atoms with E-state index in [9.17, 15) is 4.79 Å². The lowest BCUT2D eigenvalue weighted by atomic mass is 10.3. The molecule has 72 valence electrons. The number of carboxylic acid groups (broad SMARTS) is 1. The fraction of sp³-hybridized carbons (Fsp3) is 0.375. The number of aliphatic carboxylic acids is 1. The Morgan fingerprint density at radius 2 is 2.54 bits per heavy atom. The summed E-state index contributed by atoms with van der Waals surface area (Å²) in [6, 6.07) is 1.48. The summed E-state index contributed by atoms with van der Waals surface area (Å²) < 4.78 is 1.04. The van der Waals surface area contributed by atoms with Crippen LogP contribution in [0.15, 0.2) is 15.9 Å². The number of halogens is 1. The molecule has 0 fully saturated rings. The molecular weight excluding hydrogens is 254 g/mol. The van der Waals surface area contributed by atoms with Gasteiger partial charge in [-0.3, -0.25) is 10.1 Å². The summed E-state index contributed by atoms with van der Waals surface area (Å²) >= 11 is 4.94. The molecule has 13 heavy (non-hydrogen) atoms. The van der Waals surface area contributed by atoms with Gasteiger partial charge >= 0.3 is 5.97 Å². The van der Waals surface area contributed by atoms with Crippen LogP contribution in [0.1, 0.15) is 11.8 Å². The number of hydrogen-bond acceptors (Lipinski definition) is 3. The van der Waals surface area contributed by atoms with E-state index in [-0.39, 0.29) is 0 Å². The Kier molecular flexibility index (Phi) is 3.90. The van der Waals surface area contributed by atoms with E-state index >= 15 is 0 Å². The van der Waals surface area contributed by atoms with Gasteiger partial charge in [0.25, 0.3) is 0 Å². The highest BCUT2D eigenvalue weighted by Gasteiger charge is 2.09. The molecule has 0 bridgehead atoms. The van der Waals surface area contributed by atoms with Crippen molar-refractivity contribution in [2.45, 2.75) is 19.5 Å². The Morgan fingerprint density at radius 1 is 1.85 bits per heavy atom. The predicted molar refractivity (Wildman–Crippen MR) is 56.0 cm³/mol. The van der Waals surface area contributed by atoms with Gasteiger partial charge in [-0.2, -0.15) is 0 Å². The van der Waals surface area contributed by atoms with Crippen molar-refractivity contribution in [2.75, 3.05) is 0 Å². The third-order valence-electron chi connectivity index (χ3n) is 1.57. The van der Waals surface area contributed by atoms with Crippen LogP contribution in [0.4, 0.5) is 0 Å². The topological polar surface area (TPSA) is 49.3 Å². The minimum Gasteiger partial charge on any atom is -0.480 e. The molecule has 0 aliphatic carbocycles. The fourth-order valence-electron chi connectivity index (χ4n) is 0.788. The average molecular weight is 264 g/mol. The van der Waals surface area contributed by atoms with Gasteiger partial charge in [-0.25, -0.2) is 0 Å². The van der Waals surface area contributed by atoms with Gasteiger partial charge in [-0.05, 0) is 28.9 Å². The van der Waals surface area contributed by atoms with Crippen LogP contribution in [0.3, 0.4) is 0 Å². The molecule has 0 aromatic carbocycles. The number of carbonyl (C=O) groups is 1. The minimum atomic E-state index is -0.823. The second-order valence-corrected chi connectivity index (χ2v) is 4.58. The highest BCUT2D eigenvalue weighted by molar-refractivity contribution is 9.10. The first-order valence-corrected chi connectivity index (χ1v) is 5.46. The molecule has 2 N–H and O–H groups in total. The normalized spacial score (nSPS) is 12.8. The van der Waals surface area contributed by atoms with Crippen molar-refractivity contribution >= 4 is 33.2 Å². The Hall–Kier alpha value is -0.390. The molecule has 1 aromatic rings. The zero-order chi connectivity index (χ0) is 9.84. The Labute approximate surface area is 88.9 Å². The van der Waals surface area contributed by atoms with Gasteiger partial charge in [0, 0.05) is 21.3 Å². The van der Waals surface area contributed by atoms with E-state index in [1.54, 1.807) is 18.3 Å². The third kappa shape index (κ3) is 3.46. The van der Waals surface area contributed by atoms with E-state index in [1.165, 1.54) is 0 Å². The molecule has 1 heterocycles. The Morgan fingerprint density at radius 3 is 3.00 bits per heavy atom. The summed E-state index contributed by atoms with van der Waals surface area (Å²) in [5.74, 6) is -0.823. The summed E-state index contributed by atoms with van der Waals surface area (Å²) in [5, 5.41) is 13.5. The lowest BCUT2D eigenvalue weighted by Gasteiger charge is -2.06. The van der Waals surface area contributed by atoms with Gasteiger partial charge < -0.3 is 5.11 Å². The van der Waals surface area contributed by atoms with Crippen molar-refractivity contribution in [3.63, 3.8) is 0 Å². The Bertz CT molecular complexity index is 300. The molecular formula is C8H10BrNO2S. The molecule has 3 nitrogen and oxygen atoms in total. The number of nitrogens with one attached hydrogen (secondary N) is 1. The number of hydrogen-bond donors (Lipinski definition) is 2. The van der Waals surface area contributed by atoms with E-state index in [2.05, 4.69) is 21.2 Å². The highest BCUT2D eigenvalue weighted by atomic mass is 79.9. The second kappa shape index (κ2) is 4.74. The summed E-state index contributed by atoms with van der Waals surface area (Å²) in [6.45, 7) is 2.23. The molecule has 0 aliphatic heterocycles. The second-order valence-electron chi connectivity index (χ2n) is 2.67. The molecule has 1 aromatic heterocycles. The highest BCUT2D eigenvalue weighted by Crippen LogP contribution is 2.19. The average Bonchev–Trinajstić information content (AvgIpc) is 2.47. The van der Waals surface area contributed by atoms with Crippen molar-refractivity contribution in [1.29, 1.82) is 0 Å². The predicted octanol–water partition coefficient (Wildman–Crippen LogP) is 2.07. The van der Waals surface area contributed by atoms with Crippen molar-refractivity contribution in [3.8, 4) is 0 Å². The van der Waals surface area contributed by atoms with Crippen molar-refractivity contribution < 1.29 is 9.90 Å². The monoisotopic (exact) mass is 263 g/mol. The molecule has 0 radical (unpaired) electrons. The third-order valence-corrected chi connectivity index (χ3v) is 3.27. The van der Waals surface area contributed by atoms with Crippen LogP contribution in [0.2, 0.25) is 0 Å². The van der Waals surface area contributed by atoms with E-state index < -0.39 is 12.0 Å². The molecule has 0 amide bonds. The summed E-state index contributed by atoms with van der Waals surface area (Å²) in [6.07, 6.45) is 0. The SMILES string of the molecule is CC(NCc1cc(Br)cs1)C(=O)O. The van der Waals surface area contributed by atoms with Crippen LogP contribution in [0.25, 0.3) is 0 Å². The maximum atomic E-state index is 10.5. The first-order chi connectivity index (χ1) is 6.09. The van der Waals surface area contributed by atoms with Gasteiger partial charge in [0.2, 0.25) is 0 Å². The van der Waals surface area contributed by atoms with E-state index in [0.717, 1.165) is 9.35 Å². The first-order valence-electron chi connectivity index (χ1n) is 3.78. The molecule has 5 heteroatoms. The molecule has 0 aliphatic rings. The van der Waals surface area contributed by atoms with Gasteiger partial charge in [-0.15, -0.1) is 11.3 Å². The van der Waals surface area contributed by atoms with Gasteiger partial charge in [0.05, 0.1) is 0 Å². The zero-order valence-electron chi connectivity index (χ0n) is 7.08. The number of rotatable bonds is 4. The van der Waals surface area contributed by atoms with Gasteiger partial charge in [0.1, 0.15) is 6.04 Å². The summed E-state index contributed by atoms with van der Waals surface area (Å²) in [7, 11) is 0. The van der Waals surface area contributed by atoms with Crippen LogP contribution < -0.4 is 5.32 Å². The van der Waals surface area contributed by atoms with Crippen molar-refractivity contribution in [1.82, 2.24) is 5.32 Å². The van der Waals surface area contributed by atoms with Crippen LogP contribution in [-0.4, -0.2) is 17.1 Å². The molecule has 1 atom stereocenters. The molecule has 1 unspecified atom stereocenters. The maximum absolute atomic E-state index is 10.5. The maximum Gasteiger partial charge on any atom is 0.320 e. The minimum absolute atomic E-state index is 0.499. The number of thiophene rings is 1. The molecule has 1 rings (SSSR count). The summed E-state index contributed by atoms with van der Waals surface area (Å²) in [5.41, 5.74) is 0. The largest absolute Gasteiger partial charge is 0.480 e. The van der Waals surface area contributed by atoms with Crippen LogP contribution in [0.5, 0.6) is 0 Å². The first kappa shape index (κ1) is 10.7. The lowest BCUT2D eigenvalue weighted by molar-refractivity contribution is -0.139. The Balaban J connectivity index is 2.39. The summed E-state index contributed by atoms with van der Waals surface area (Å²) in [4.78, 5) is 11.6. The molecule has 0 saturated heterocycles. The fourth-order valence-corrected chi connectivity index (χ4v) is 2.19. The van der Waals surface area contributed by atoms with E-state index in [4.69, 9.17) is 5.11 Å². The van der Waals surface area contributed by atoms with Gasteiger partial charge in [-0.1, -0.05) is 0 Å². The van der Waals surface area contributed by atoms with E-state index in [0.29, 0.717) is 6.54 Å². The number of carboxylic acids is 1. The molecule has 0 spiro atoms. The standard InChI is InChI=1S/C8H10BrNO2S/c1-5(8(11)12)10-3-7-2-6(9)4-13-7/h2,4-5,10H,3H2,1H3,(H,11,12). The van der Waals surface area contributed by atoms with Gasteiger partial charge in [0.15, 0.2) is 0 Å². The van der Waals surface area contributed by atoms with E-state index in [1.807, 2.05) is 11.4 Å². The van der Waals surface area contributed by atoms with Crippen LogP contribution >= 0.6 is 27.3 Å². The quantitative estimate of drug-likeness (QED) is 0.875. The van der Waals surface area contributed by atoms with Crippen LogP contribution in [0, 0.1) is 0 Å². The zero-order valence-corrected chi connectivity index (χ0v) is 9.48. The van der Waals surface area contributed by atoms with Crippen molar-refractivity contribution in [3.05, 3.63) is 20.8 Å². The van der Waals surface area contributed by atoms with Crippen molar-refractivity contribution in [2.24, 2.45) is 0 Å². The molecule has 0 saturated carbocycles.